The minimum atomic E-state index is -0.0694. The van der Waals surface area contributed by atoms with Gasteiger partial charge in [-0.25, -0.2) is 0 Å². The molecule has 0 bridgehead atoms. The summed E-state index contributed by atoms with van der Waals surface area (Å²) in [5, 5.41) is 5.67. The van der Waals surface area contributed by atoms with Gasteiger partial charge in [0.1, 0.15) is 11.3 Å². The van der Waals surface area contributed by atoms with Crippen LogP contribution < -0.4 is 9.64 Å². The number of rotatable bonds is 9. The van der Waals surface area contributed by atoms with E-state index in [-0.39, 0.29) is 11.9 Å². The van der Waals surface area contributed by atoms with Gasteiger partial charge in [0.05, 0.1) is 26.9 Å². The summed E-state index contributed by atoms with van der Waals surface area (Å²) in [6, 6.07) is 14.2. The first kappa shape index (κ1) is 25.0. The number of methoxy groups -OCH3 is 1. The number of para-hydroxylation sites is 1. The summed E-state index contributed by atoms with van der Waals surface area (Å²) in [6.45, 7) is 9.48. The van der Waals surface area contributed by atoms with Gasteiger partial charge in [0.15, 0.2) is 5.69 Å². The Morgan fingerprint density at radius 2 is 1.80 bits per heavy atom. The molecule has 0 saturated carbocycles. The van der Waals surface area contributed by atoms with Crippen LogP contribution in [-0.4, -0.2) is 85.6 Å². The van der Waals surface area contributed by atoms with Crippen LogP contribution in [0, 0.1) is 0 Å². The van der Waals surface area contributed by atoms with Crippen LogP contribution in [0.2, 0.25) is 0 Å². The number of fused-ring (bicyclic) bond motifs is 1. The molecule has 188 valence electrons. The van der Waals surface area contributed by atoms with Crippen molar-refractivity contribution in [1.82, 2.24) is 19.6 Å². The highest BCUT2D eigenvalue weighted by molar-refractivity contribution is 6.06. The molecule has 0 N–H and O–H groups in total. The molecule has 0 atom stereocenters. The summed E-state index contributed by atoms with van der Waals surface area (Å²) in [5.74, 6) is 0.659. The molecule has 0 radical (unpaired) electrons. The number of hydrogen-bond acceptors (Lipinski definition) is 6. The monoisotopic (exact) mass is 479 g/mol. The SMILES string of the molecule is COc1cccc2c(C(=O)N(Cc3ccc(N(C)C)cc3)C(C)C)nn(CCN3CCOCC3)c12. The lowest BCUT2D eigenvalue weighted by Crippen LogP contribution is -2.38. The molecule has 8 heteroatoms. The molecule has 8 nitrogen and oxygen atoms in total. The lowest BCUT2D eigenvalue weighted by Gasteiger charge is -2.27. The predicted molar refractivity (Wildman–Crippen MR) is 139 cm³/mol. The van der Waals surface area contributed by atoms with Gasteiger partial charge in [0.25, 0.3) is 5.91 Å². The van der Waals surface area contributed by atoms with Crippen LogP contribution in [0.5, 0.6) is 5.75 Å². The molecule has 0 aliphatic carbocycles. The Bertz CT molecular complexity index is 1130. The Balaban J connectivity index is 1.63. The van der Waals surface area contributed by atoms with Crippen molar-refractivity contribution in [3.8, 4) is 5.75 Å². The van der Waals surface area contributed by atoms with Crippen LogP contribution in [0.3, 0.4) is 0 Å². The lowest BCUT2D eigenvalue weighted by molar-refractivity contribution is 0.0361. The molecule has 0 spiro atoms. The Morgan fingerprint density at radius 3 is 2.43 bits per heavy atom. The highest BCUT2D eigenvalue weighted by Crippen LogP contribution is 2.29. The first-order valence-corrected chi connectivity index (χ1v) is 12.3. The number of hydrogen-bond donors (Lipinski definition) is 0. The zero-order chi connectivity index (χ0) is 24.9. The molecule has 1 aliphatic heterocycles. The van der Waals surface area contributed by atoms with Gasteiger partial charge in [0.2, 0.25) is 0 Å². The van der Waals surface area contributed by atoms with Crippen LogP contribution in [-0.2, 0) is 17.8 Å². The van der Waals surface area contributed by atoms with E-state index in [4.69, 9.17) is 14.6 Å². The Hall–Kier alpha value is -3.10. The molecular weight excluding hydrogens is 442 g/mol. The molecule has 0 unspecified atom stereocenters. The average molecular weight is 480 g/mol. The lowest BCUT2D eigenvalue weighted by atomic mass is 10.1. The number of nitrogens with zero attached hydrogens (tertiary/aromatic N) is 5. The highest BCUT2D eigenvalue weighted by Gasteiger charge is 2.26. The van der Waals surface area contributed by atoms with Crippen molar-refractivity contribution < 1.29 is 14.3 Å². The first-order valence-electron chi connectivity index (χ1n) is 12.3. The molecule has 2 heterocycles. The normalized spacial score (nSPS) is 14.5. The molecule has 2 aromatic carbocycles. The van der Waals surface area contributed by atoms with Gasteiger partial charge in [0, 0.05) is 57.4 Å². The third-order valence-electron chi connectivity index (χ3n) is 6.58. The maximum atomic E-state index is 13.9. The Kier molecular flexibility index (Phi) is 7.93. The number of benzene rings is 2. The van der Waals surface area contributed by atoms with Crippen LogP contribution in [0.4, 0.5) is 5.69 Å². The van der Waals surface area contributed by atoms with Crippen molar-refractivity contribution >= 4 is 22.5 Å². The van der Waals surface area contributed by atoms with E-state index in [1.54, 1.807) is 7.11 Å². The van der Waals surface area contributed by atoms with E-state index >= 15 is 0 Å². The highest BCUT2D eigenvalue weighted by atomic mass is 16.5. The number of carbonyl (C=O) groups is 1. The van der Waals surface area contributed by atoms with E-state index in [1.807, 2.05) is 55.7 Å². The van der Waals surface area contributed by atoms with E-state index in [0.717, 1.165) is 60.8 Å². The first-order chi connectivity index (χ1) is 16.9. The maximum absolute atomic E-state index is 13.9. The minimum absolute atomic E-state index is 0.0233. The standard InChI is InChI=1S/C27H37N5O3/c1-20(2)31(19-21-9-11-22(12-10-21)29(3)4)27(33)25-23-7-6-8-24(34-5)26(23)32(28-25)14-13-30-15-17-35-18-16-30/h6-12,20H,13-19H2,1-5H3. The van der Waals surface area contributed by atoms with Gasteiger partial charge in [-0.15, -0.1) is 0 Å². The minimum Gasteiger partial charge on any atom is -0.494 e. The summed E-state index contributed by atoms with van der Waals surface area (Å²) in [4.78, 5) is 20.2. The maximum Gasteiger partial charge on any atom is 0.275 e. The molecular formula is C27H37N5O3. The molecule has 1 saturated heterocycles. The van der Waals surface area contributed by atoms with Gasteiger partial charge >= 0.3 is 0 Å². The summed E-state index contributed by atoms with van der Waals surface area (Å²) in [6.07, 6.45) is 0. The zero-order valence-corrected chi connectivity index (χ0v) is 21.5. The molecule has 3 aromatic rings. The Morgan fingerprint density at radius 1 is 1.09 bits per heavy atom. The second-order valence-corrected chi connectivity index (χ2v) is 9.47. The van der Waals surface area contributed by atoms with Gasteiger partial charge in [-0.05, 0) is 37.6 Å². The van der Waals surface area contributed by atoms with E-state index in [9.17, 15) is 4.79 Å². The number of aromatic nitrogens is 2. The van der Waals surface area contributed by atoms with Crippen molar-refractivity contribution in [2.24, 2.45) is 0 Å². The van der Waals surface area contributed by atoms with Gasteiger partial charge < -0.3 is 19.3 Å². The fraction of sp³-hybridized carbons (Fsp3) is 0.481. The summed E-state index contributed by atoms with van der Waals surface area (Å²) < 4.78 is 13.1. The van der Waals surface area contributed by atoms with Gasteiger partial charge in [-0.2, -0.15) is 5.10 Å². The zero-order valence-electron chi connectivity index (χ0n) is 21.5. The van der Waals surface area contributed by atoms with Crippen molar-refractivity contribution in [3.63, 3.8) is 0 Å². The van der Waals surface area contributed by atoms with Crippen LogP contribution in [0.15, 0.2) is 42.5 Å². The van der Waals surface area contributed by atoms with E-state index in [2.05, 4.69) is 34.1 Å². The molecule has 1 amide bonds. The smallest absolute Gasteiger partial charge is 0.275 e. The molecule has 1 aromatic heterocycles. The van der Waals surface area contributed by atoms with E-state index in [1.165, 1.54) is 0 Å². The van der Waals surface area contributed by atoms with Crippen molar-refractivity contribution in [2.45, 2.75) is 33.0 Å². The molecule has 4 rings (SSSR count). The number of morpholine rings is 1. The Labute approximate surface area is 208 Å². The van der Waals surface area contributed by atoms with Gasteiger partial charge in [-0.1, -0.05) is 24.3 Å². The molecule has 1 aliphatic rings. The average Bonchev–Trinajstić information content (AvgIpc) is 3.25. The van der Waals surface area contributed by atoms with E-state index in [0.29, 0.717) is 18.8 Å². The third kappa shape index (κ3) is 5.60. The molecule has 35 heavy (non-hydrogen) atoms. The van der Waals surface area contributed by atoms with Gasteiger partial charge in [-0.3, -0.25) is 14.4 Å². The summed E-state index contributed by atoms with van der Waals surface area (Å²) in [5.41, 5.74) is 3.56. The van der Waals surface area contributed by atoms with Crippen LogP contribution >= 0.6 is 0 Å². The van der Waals surface area contributed by atoms with Crippen LogP contribution in [0.25, 0.3) is 10.9 Å². The number of anilines is 1. The second kappa shape index (κ2) is 11.1. The topological polar surface area (TPSA) is 63.1 Å². The largest absolute Gasteiger partial charge is 0.494 e. The fourth-order valence-corrected chi connectivity index (χ4v) is 4.47. The summed E-state index contributed by atoms with van der Waals surface area (Å²) in [7, 11) is 5.70. The number of amides is 1. The number of ether oxygens (including phenoxy) is 2. The van der Waals surface area contributed by atoms with Crippen molar-refractivity contribution in [1.29, 1.82) is 0 Å². The third-order valence-corrected chi connectivity index (χ3v) is 6.58. The molecule has 1 fully saturated rings. The predicted octanol–water partition coefficient (Wildman–Crippen LogP) is 3.49. The quantitative estimate of drug-likeness (QED) is 0.468. The van der Waals surface area contributed by atoms with Crippen molar-refractivity contribution in [3.05, 3.63) is 53.7 Å². The number of carbonyl (C=O) groups excluding carboxylic acids is 1. The van der Waals surface area contributed by atoms with Crippen molar-refractivity contribution in [2.75, 3.05) is 59.0 Å². The van der Waals surface area contributed by atoms with E-state index < -0.39 is 0 Å². The second-order valence-electron chi connectivity index (χ2n) is 9.47. The van der Waals surface area contributed by atoms with Crippen LogP contribution in [0.1, 0.15) is 29.9 Å². The summed E-state index contributed by atoms with van der Waals surface area (Å²) >= 11 is 0. The fourth-order valence-electron chi connectivity index (χ4n) is 4.47.